The van der Waals surface area contributed by atoms with Crippen molar-refractivity contribution in [1.29, 1.82) is 0 Å². The number of carboxylic acids is 3. The zero-order valence-corrected chi connectivity index (χ0v) is 23.3. The molecule has 2 aromatic heterocycles. The van der Waals surface area contributed by atoms with E-state index in [1.165, 1.54) is 0 Å². The van der Waals surface area contributed by atoms with Crippen LogP contribution in [0.25, 0.3) is 11.3 Å². The second-order valence-corrected chi connectivity index (χ2v) is 4.70. The number of fused-ring (bicyclic) bond motifs is 3. The first-order valence-corrected chi connectivity index (χ1v) is 6.18. The topological polar surface area (TPSA) is 182 Å². The first kappa shape index (κ1) is 30.4. The molecule has 3 rings (SSSR count). The fourth-order valence-corrected chi connectivity index (χ4v) is 2.33. The van der Waals surface area contributed by atoms with Gasteiger partial charge in [-0.05, 0) is 11.6 Å². The van der Waals surface area contributed by atoms with Crippen LogP contribution in [0.2, 0.25) is 0 Å². The molecule has 0 unspecified atom stereocenters. The average molecular weight is 421 g/mol. The molecular formula is C14H2N2Na4O8. The number of carbonyl (C=O) groups excluding carboxylic acids is 5. The minimum absolute atomic E-state index is 0. The van der Waals surface area contributed by atoms with E-state index in [0.29, 0.717) is 6.07 Å². The van der Waals surface area contributed by atoms with E-state index in [0.717, 1.165) is 6.07 Å². The number of hydrogen-bond donors (Lipinski definition) is 0. The van der Waals surface area contributed by atoms with Gasteiger partial charge in [0.25, 0.3) is 5.78 Å². The molecule has 0 bridgehead atoms. The summed E-state index contributed by atoms with van der Waals surface area (Å²) in [6, 6.07) is 1.34. The summed E-state index contributed by atoms with van der Waals surface area (Å²) < 4.78 is 0. The van der Waals surface area contributed by atoms with Crippen molar-refractivity contribution >= 4 is 29.5 Å². The van der Waals surface area contributed by atoms with Crippen LogP contribution in [0.4, 0.5) is 0 Å². The summed E-state index contributed by atoms with van der Waals surface area (Å²) in [6.45, 7) is 0. The monoisotopic (exact) mass is 421 g/mol. The quantitative estimate of drug-likeness (QED) is 0.262. The number of rotatable bonds is 3. The molecule has 1 aliphatic rings. The zero-order chi connectivity index (χ0) is 17.8. The van der Waals surface area contributed by atoms with Crippen molar-refractivity contribution in [2.45, 2.75) is 0 Å². The van der Waals surface area contributed by atoms with Crippen molar-refractivity contribution < 1.29 is 158 Å². The molecule has 0 aliphatic heterocycles. The number of pyridine rings is 1. The molecule has 120 valence electrons. The molecule has 0 radical (unpaired) electrons. The molecule has 2 aromatic rings. The first-order valence-electron chi connectivity index (χ1n) is 6.18. The van der Waals surface area contributed by atoms with Gasteiger partial charge in [0.15, 0.2) is 0 Å². The van der Waals surface area contributed by atoms with Gasteiger partial charge in [-0.15, -0.1) is 11.4 Å². The Labute approximate surface area is 245 Å². The molecular weight excluding hydrogens is 419 g/mol. The second kappa shape index (κ2) is 11.5. The summed E-state index contributed by atoms with van der Waals surface area (Å²) in [5.74, 6) is -8.01. The van der Waals surface area contributed by atoms with E-state index in [1.807, 2.05) is 0 Å². The third-order valence-corrected chi connectivity index (χ3v) is 3.33. The number of aromatic nitrogens is 2. The molecule has 0 N–H and O–H groups in total. The first-order chi connectivity index (χ1) is 11.2. The number of hydrogen-bond acceptors (Lipinski definition) is 9. The Hall–Kier alpha value is 0.180. The summed E-state index contributed by atoms with van der Waals surface area (Å²) in [4.78, 5) is 64.1. The predicted molar refractivity (Wildman–Crippen MR) is 64.6 cm³/mol. The molecule has 0 saturated heterocycles. The summed E-state index contributed by atoms with van der Waals surface area (Å²) in [5, 5.41) is 33.1. The Kier molecular flexibility index (Phi) is 12.5. The van der Waals surface area contributed by atoms with Gasteiger partial charge >= 0.3 is 118 Å². The van der Waals surface area contributed by atoms with Crippen LogP contribution in [0.1, 0.15) is 52.2 Å². The number of carbonyl (C=O) groups is 5. The molecule has 2 heterocycles. The number of carboxylic acid groups (broad SMARTS) is 3. The van der Waals surface area contributed by atoms with Gasteiger partial charge in [-0.3, -0.25) is 9.59 Å². The van der Waals surface area contributed by atoms with Gasteiger partial charge in [0.2, 0.25) is 5.78 Å². The van der Waals surface area contributed by atoms with Gasteiger partial charge in [-0.1, -0.05) is 6.07 Å². The van der Waals surface area contributed by atoms with Gasteiger partial charge in [-0.25, -0.2) is 4.98 Å². The molecule has 0 saturated carbocycles. The van der Waals surface area contributed by atoms with Crippen molar-refractivity contribution in [3.8, 4) is 11.3 Å². The molecule has 14 heteroatoms. The number of Topliss-reactive ketones (excluding diaryl/α,β-unsaturated/α-hetero) is 2. The third kappa shape index (κ3) is 5.26. The Balaban J connectivity index is 0. The molecule has 0 aromatic carbocycles. The van der Waals surface area contributed by atoms with Crippen LogP contribution < -0.4 is 139 Å². The van der Waals surface area contributed by atoms with E-state index < -0.39 is 68.9 Å². The second-order valence-electron chi connectivity index (χ2n) is 4.70. The normalized spacial score (nSPS) is 10.7. The van der Waals surface area contributed by atoms with Crippen molar-refractivity contribution in [2.75, 3.05) is 0 Å². The van der Waals surface area contributed by atoms with Crippen molar-refractivity contribution in [2.24, 2.45) is 0 Å². The van der Waals surface area contributed by atoms with Crippen LogP contribution in [0.15, 0.2) is 12.1 Å². The van der Waals surface area contributed by atoms with Crippen molar-refractivity contribution in [3.63, 3.8) is 0 Å². The van der Waals surface area contributed by atoms with E-state index in [1.54, 1.807) is 0 Å². The average Bonchev–Trinajstić information content (AvgIpc) is 2.96. The molecule has 1 aliphatic carbocycles. The molecule has 28 heavy (non-hydrogen) atoms. The van der Waals surface area contributed by atoms with Crippen LogP contribution >= 0.6 is 0 Å². The Morgan fingerprint density at radius 3 is 1.86 bits per heavy atom. The minimum Gasteiger partial charge on any atom is -0.655 e. The summed E-state index contributed by atoms with van der Waals surface area (Å²) in [7, 11) is 0. The maximum absolute atomic E-state index is 12.1. The molecule has 10 nitrogen and oxygen atoms in total. The minimum atomic E-state index is -1.88. The smallest absolute Gasteiger partial charge is 0.655 e. The van der Waals surface area contributed by atoms with Gasteiger partial charge in [0.1, 0.15) is 5.69 Å². The van der Waals surface area contributed by atoms with Crippen molar-refractivity contribution in [3.05, 3.63) is 40.3 Å². The summed E-state index contributed by atoms with van der Waals surface area (Å²) in [6.07, 6.45) is 0. The Morgan fingerprint density at radius 1 is 0.821 bits per heavy atom. The van der Waals surface area contributed by atoms with E-state index in [4.69, 9.17) is 0 Å². The SMILES string of the molecule is O=C([O-])c1cc(C(=O)[O-])c2c(n1)C(=O)C(=O)c1[13cH][13c]([13C](=O)[O-])[n-]c1-2.[Na+].[Na+].[Na+].[Na+]. The van der Waals surface area contributed by atoms with Crippen LogP contribution in [-0.2, 0) is 0 Å². The van der Waals surface area contributed by atoms with Crippen LogP contribution in [0, 0.1) is 0 Å². The third-order valence-electron chi connectivity index (χ3n) is 3.33. The fourth-order valence-electron chi connectivity index (χ4n) is 2.33. The van der Waals surface area contributed by atoms with Crippen molar-refractivity contribution in [1.82, 2.24) is 9.97 Å². The van der Waals surface area contributed by atoms with E-state index >= 15 is 0 Å². The largest absolute Gasteiger partial charge is 1.00 e. The van der Waals surface area contributed by atoms with Crippen LogP contribution in [0.3, 0.4) is 0 Å². The summed E-state index contributed by atoms with van der Waals surface area (Å²) >= 11 is 0. The Bertz CT molecular complexity index is 1000. The molecule has 0 amide bonds. The maximum Gasteiger partial charge on any atom is 1.00 e. The van der Waals surface area contributed by atoms with Gasteiger partial charge < -0.3 is 34.7 Å². The number of aromatic carboxylic acids is 3. The number of nitrogens with zero attached hydrogens (tertiary/aromatic N) is 2. The van der Waals surface area contributed by atoms with Gasteiger partial charge in [0, 0.05) is 17.1 Å². The van der Waals surface area contributed by atoms with E-state index in [9.17, 15) is 39.3 Å². The van der Waals surface area contributed by atoms with Crippen LogP contribution in [-0.4, -0.2) is 34.5 Å². The summed E-state index contributed by atoms with van der Waals surface area (Å²) in [5.41, 5.74) is -4.53. The number of ketones is 2. The zero-order valence-electron chi connectivity index (χ0n) is 15.3. The van der Waals surface area contributed by atoms with Crippen LogP contribution in [0.5, 0.6) is 0 Å². The fraction of sp³-hybridized carbons (Fsp3) is 0. The standard InChI is InChI=1S/C14H6N2O8.4Na/c17-10-4-2-6(14(23)24)15-8(4)7-3(12(19)20)1-5(13(21)22)16-9(7)11(10)18;;;;/h1-2H,(H4,15,17,18,19,20,21,22,23,24);;;;/q;4*+1/p-4/i2+1,6+1,14+1;;;;. The molecule has 0 spiro atoms. The molecule has 0 atom stereocenters. The molecule has 0 fully saturated rings. The van der Waals surface area contributed by atoms with E-state index in [-0.39, 0.29) is 118 Å². The predicted octanol–water partition coefficient (Wildman–Crippen LogP) is -15.8. The van der Waals surface area contributed by atoms with Gasteiger partial charge in [0.05, 0.1) is 17.6 Å². The van der Waals surface area contributed by atoms with Gasteiger partial charge in [-0.2, -0.15) is 0 Å². The Morgan fingerprint density at radius 2 is 1.39 bits per heavy atom. The van der Waals surface area contributed by atoms with E-state index in [2.05, 4.69) is 9.97 Å². The maximum atomic E-state index is 12.1.